The third-order valence-electron chi connectivity index (χ3n) is 5.87. The van der Waals surface area contributed by atoms with E-state index in [4.69, 9.17) is 15.2 Å². The van der Waals surface area contributed by atoms with Crippen LogP contribution in [0.25, 0.3) is 11.2 Å². The van der Waals surface area contributed by atoms with Crippen molar-refractivity contribution in [3.63, 3.8) is 0 Å². The molecule has 0 atom stereocenters. The van der Waals surface area contributed by atoms with Crippen LogP contribution in [-0.2, 0) is 17.8 Å². The highest BCUT2D eigenvalue weighted by atomic mass is 16.5. The van der Waals surface area contributed by atoms with Crippen LogP contribution in [0.1, 0.15) is 30.4 Å². The molecule has 3 heterocycles. The molecule has 10 nitrogen and oxygen atoms in total. The van der Waals surface area contributed by atoms with Crippen LogP contribution >= 0.6 is 0 Å². The van der Waals surface area contributed by atoms with Crippen LogP contribution in [0.2, 0.25) is 0 Å². The molecule has 1 fully saturated rings. The van der Waals surface area contributed by atoms with Crippen LogP contribution in [-0.4, -0.2) is 70.9 Å². The van der Waals surface area contributed by atoms with Gasteiger partial charge in [0, 0.05) is 13.7 Å². The Morgan fingerprint density at radius 1 is 1.12 bits per heavy atom. The van der Waals surface area contributed by atoms with E-state index < -0.39 is 0 Å². The first kappa shape index (κ1) is 23.2. The fourth-order valence-electron chi connectivity index (χ4n) is 4.07. The number of nitrogens with two attached hydrogens (primary N) is 1. The van der Waals surface area contributed by atoms with Crippen LogP contribution in [0.4, 0.5) is 5.82 Å². The maximum atomic E-state index is 12.5. The van der Waals surface area contributed by atoms with Gasteiger partial charge in [0.15, 0.2) is 11.5 Å². The second kappa shape index (κ2) is 11.3. The van der Waals surface area contributed by atoms with Crippen LogP contribution in [0.5, 0.6) is 6.01 Å². The molecule has 178 valence electrons. The Bertz CT molecular complexity index is 1090. The summed E-state index contributed by atoms with van der Waals surface area (Å²) in [4.78, 5) is 26.3. The van der Waals surface area contributed by atoms with Gasteiger partial charge >= 0.3 is 11.7 Å². The molecule has 33 heavy (non-hydrogen) atoms. The molecule has 2 aromatic heterocycles. The summed E-state index contributed by atoms with van der Waals surface area (Å²) in [5.41, 5.74) is 8.76. The van der Waals surface area contributed by atoms with Crippen molar-refractivity contribution in [2.45, 2.75) is 32.4 Å². The monoisotopic (exact) mass is 455 g/mol. The lowest BCUT2D eigenvalue weighted by Crippen LogP contribution is -2.24. The van der Waals surface area contributed by atoms with Gasteiger partial charge in [-0.3, -0.25) is 4.57 Å². The van der Waals surface area contributed by atoms with Gasteiger partial charge in [-0.25, -0.2) is 4.79 Å². The number of H-pyrrole nitrogens is 1. The Morgan fingerprint density at radius 3 is 2.64 bits per heavy atom. The number of nitrogens with one attached hydrogen (secondary N) is 2. The van der Waals surface area contributed by atoms with E-state index in [-0.39, 0.29) is 17.5 Å². The average Bonchev–Trinajstić information content (AvgIpc) is 3.44. The van der Waals surface area contributed by atoms with Gasteiger partial charge in [-0.05, 0) is 56.6 Å². The number of benzene rings is 1. The van der Waals surface area contributed by atoms with Crippen molar-refractivity contribution in [3.8, 4) is 6.01 Å². The highest BCUT2D eigenvalue weighted by Gasteiger charge is 2.15. The lowest BCUT2D eigenvalue weighted by atomic mass is 10.1. The Kier molecular flexibility index (Phi) is 7.92. The minimum atomic E-state index is -0.288. The predicted molar refractivity (Wildman–Crippen MR) is 127 cm³/mol. The maximum Gasteiger partial charge on any atom is 0.328 e. The number of hydrogen-bond acceptors (Lipinski definition) is 8. The molecule has 4 rings (SSSR count). The number of rotatable bonds is 12. The van der Waals surface area contributed by atoms with Crippen LogP contribution in [0.15, 0.2) is 29.1 Å². The van der Waals surface area contributed by atoms with E-state index in [1.54, 1.807) is 11.7 Å². The Morgan fingerprint density at radius 2 is 1.88 bits per heavy atom. The van der Waals surface area contributed by atoms with Gasteiger partial charge in [0.2, 0.25) is 0 Å². The molecule has 3 aromatic rings. The molecule has 0 aliphatic carbocycles. The van der Waals surface area contributed by atoms with E-state index in [9.17, 15) is 4.79 Å². The SMILES string of the molecule is COCCOc1nc(N)c2[nH]c(=O)n(Cc3ccc(CNCCCN4CCCC4)cc3)c2n1. The second-order valence-corrected chi connectivity index (χ2v) is 8.34. The van der Waals surface area contributed by atoms with Crippen molar-refractivity contribution < 1.29 is 9.47 Å². The van der Waals surface area contributed by atoms with E-state index in [1.807, 2.05) is 12.1 Å². The summed E-state index contributed by atoms with van der Waals surface area (Å²) >= 11 is 0. The summed E-state index contributed by atoms with van der Waals surface area (Å²) in [6.07, 6.45) is 3.85. The highest BCUT2D eigenvalue weighted by Crippen LogP contribution is 2.18. The van der Waals surface area contributed by atoms with Crippen molar-refractivity contribution in [2.24, 2.45) is 0 Å². The topological polar surface area (TPSA) is 123 Å². The quantitative estimate of drug-likeness (QED) is 0.350. The van der Waals surface area contributed by atoms with Crippen molar-refractivity contribution in [1.29, 1.82) is 0 Å². The zero-order valence-corrected chi connectivity index (χ0v) is 19.2. The number of anilines is 1. The van der Waals surface area contributed by atoms with E-state index in [0.29, 0.717) is 30.9 Å². The van der Waals surface area contributed by atoms with Crippen molar-refractivity contribution in [1.82, 2.24) is 29.7 Å². The number of fused-ring (bicyclic) bond motifs is 1. The van der Waals surface area contributed by atoms with Crippen molar-refractivity contribution in [2.75, 3.05) is 52.2 Å². The first-order chi connectivity index (χ1) is 16.1. The number of aromatic nitrogens is 4. The van der Waals surface area contributed by atoms with Gasteiger partial charge in [0.25, 0.3) is 0 Å². The fraction of sp³-hybridized carbons (Fsp3) is 0.522. The second-order valence-electron chi connectivity index (χ2n) is 8.34. The van der Waals surface area contributed by atoms with E-state index in [2.05, 4.69) is 37.3 Å². The number of nitrogen functional groups attached to an aromatic ring is 1. The molecule has 0 saturated carbocycles. The van der Waals surface area contributed by atoms with Crippen LogP contribution < -0.4 is 21.5 Å². The molecule has 0 bridgehead atoms. The lowest BCUT2D eigenvalue weighted by Gasteiger charge is -2.14. The van der Waals surface area contributed by atoms with E-state index in [0.717, 1.165) is 18.7 Å². The summed E-state index contributed by atoms with van der Waals surface area (Å²) in [6.45, 7) is 6.60. The normalized spacial score (nSPS) is 14.3. The number of hydrogen-bond donors (Lipinski definition) is 3. The van der Waals surface area contributed by atoms with Gasteiger partial charge < -0.3 is 30.4 Å². The number of ether oxygens (including phenoxy) is 2. The first-order valence-corrected chi connectivity index (χ1v) is 11.5. The minimum absolute atomic E-state index is 0.121. The molecule has 1 aliphatic rings. The molecule has 0 spiro atoms. The zero-order valence-electron chi connectivity index (χ0n) is 19.2. The van der Waals surface area contributed by atoms with Gasteiger partial charge in [-0.15, -0.1) is 0 Å². The summed E-state index contributed by atoms with van der Waals surface area (Å²) in [7, 11) is 1.59. The molecule has 0 amide bonds. The smallest absolute Gasteiger partial charge is 0.328 e. The number of aromatic amines is 1. The van der Waals surface area contributed by atoms with E-state index in [1.165, 1.54) is 44.5 Å². The average molecular weight is 456 g/mol. The standard InChI is InChI=1S/C23H33N7O3/c1-32-13-14-33-22-27-20(24)19-21(28-22)30(23(31)26-19)16-18-7-5-17(6-8-18)15-25-9-4-12-29-10-2-3-11-29/h5-8,25H,2-4,9-16H2,1H3,(H,26,31)(H2,24,27,28). The molecule has 1 aromatic carbocycles. The number of likely N-dealkylation sites (tertiary alicyclic amines) is 1. The molecule has 10 heteroatoms. The Labute approximate surface area is 193 Å². The van der Waals surface area contributed by atoms with Gasteiger partial charge in [0.05, 0.1) is 13.2 Å². The molecular weight excluding hydrogens is 422 g/mol. The number of imidazole rings is 1. The first-order valence-electron chi connectivity index (χ1n) is 11.5. The fourth-order valence-corrected chi connectivity index (χ4v) is 4.07. The number of methoxy groups -OCH3 is 1. The number of nitrogens with zero attached hydrogens (tertiary/aromatic N) is 4. The predicted octanol–water partition coefficient (Wildman–Crippen LogP) is 1.35. The third-order valence-corrected chi connectivity index (χ3v) is 5.87. The Hall–Kier alpha value is -2.95. The summed E-state index contributed by atoms with van der Waals surface area (Å²) in [5, 5.41) is 3.52. The summed E-state index contributed by atoms with van der Waals surface area (Å²) in [5.74, 6) is 0.175. The largest absolute Gasteiger partial charge is 0.461 e. The molecular formula is C23H33N7O3. The third kappa shape index (κ3) is 6.10. The molecule has 4 N–H and O–H groups in total. The van der Waals surface area contributed by atoms with E-state index >= 15 is 0 Å². The van der Waals surface area contributed by atoms with Gasteiger partial charge in [-0.1, -0.05) is 24.3 Å². The lowest BCUT2D eigenvalue weighted by molar-refractivity contribution is 0.141. The van der Waals surface area contributed by atoms with Gasteiger partial charge in [0.1, 0.15) is 12.1 Å². The highest BCUT2D eigenvalue weighted by molar-refractivity contribution is 5.81. The molecule has 0 unspecified atom stereocenters. The minimum Gasteiger partial charge on any atom is -0.461 e. The van der Waals surface area contributed by atoms with Crippen LogP contribution in [0, 0.1) is 0 Å². The van der Waals surface area contributed by atoms with Crippen molar-refractivity contribution in [3.05, 3.63) is 45.9 Å². The summed E-state index contributed by atoms with van der Waals surface area (Å²) in [6, 6.07) is 8.37. The Balaban J connectivity index is 1.35. The molecule has 1 saturated heterocycles. The van der Waals surface area contributed by atoms with Gasteiger partial charge in [-0.2, -0.15) is 9.97 Å². The maximum absolute atomic E-state index is 12.5. The zero-order chi connectivity index (χ0) is 23.0. The molecule has 0 radical (unpaired) electrons. The summed E-state index contributed by atoms with van der Waals surface area (Å²) < 4.78 is 12.0. The van der Waals surface area contributed by atoms with Crippen molar-refractivity contribution >= 4 is 17.0 Å². The molecule has 1 aliphatic heterocycles. The van der Waals surface area contributed by atoms with Crippen LogP contribution in [0.3, 0.4) is 0 Å².